The summed E-state index contributed by atoms with van der Waals surface area (Å²) in [5, 5.41) is 3.22. The van der Waals surface area contributed by atoms with Gasteiger partial charge in [-0.3, -0.25) is 9.59 Å². The van der Waals surface area contributed by atoms with E-state index in [4.69, 9.17) is 16.2 Å². The fraction of sp³-hybridized carbons (Fsp3) is 0.545. The van der Waals surface area contributed by atoms with E-state index in [1.165, 1.54) is 6.20 Å². The van der Waals surface area contributed by atoms with Gasteiger partial charge >= 0.3 is 0 Å². The molecule has 0 radical (unpaired) electrons. The molecule has 2 aliphatic heterocycles. The van der Waals surface area contributed by atoms with Crippen molar-refractivity contribution in [2.45, 2.75) is 38.8 Å². The van der Waals surface area contributed by atoms with Crippen LogP contribution in [0.15, 0.2) is 23.3 Å². The molecule has 0 bridgehead atoms. The van der Waals surface area contributed by atoms with Crippen molar-refractivity contribution >= 4 is 29.0 Å². The Morgan fingerprint density at radius 1 is 1.24 bits per heavy atom. The first-order valence-corrected chi connectivity index (χ1v) is 11.4. The van der Waals surface area contributed by atoms with Crippen molar-refractivity contribution in [3.8, 4) is 0 Å². The topological polar surface area (TPSA) is 145 Å². The highest BCUT2D eigenvalue weighted by Crippen LogP contribution is 2.25. The van der Waals surface area contributed by atoms with E-state index in [0.717, 1.165) is 19.4 Å². The second-order valence-electron chi connectivity index (χ2n) is 8.79. The number of anilines is 4. The molecule has 2 saturated heterocycles. The third-order valence-corrected chi connectivity index (χ3v) is 5.98. The lowest BCUT2D eigenvalue weighted by Crippen LogP contribution is -2.43. The van der Waals surface area contributed by atoms with E-state index in [0.29, 0.717) is 56.0 Å². The van der Waals surface area contributed by atoms with E-state index in [2.05, 4.69) is 15.3 Å². The summed E-state index contributed by atoms with van der Waals surface area (Å²) in [7, 11) is 0. The van der Waals surface area contributed by atoms with Crippen LogP contribution in [0, 0.1) is 0 Å². The van der Waals surface area contributed by atoms with Crippen molar-refractivity contribution < 1.29 is 9.53 Å². The van der Waals surface area contributed by atoms with Crippen LogP contribution in [0.1, 0.15) is 43.1 Å². The molecule has 11 heteroatoms. The molecule has 178 valence electrons. The van der Waals surface area contributed by atoms with Crippen LogP contribution in [-0.4, -0.2) is 65.9 Å². The summed E-state index contributed by atoms with van der Waals surface area (Å²) in [4.78, 5) is 38.2. The number of aromatic nitrogens is 3. The van der Waals surface area contributed by atoms with Gasteiger partial charge in [-0.15, -0.1) is 0 Å². The van der Waals surface area contributed by atoms with Crippen molar-refractivity contribution in [2.75, 3.05) is 54.5 Å². The first kappa shape index (κ1) is 23.0. The van der Waals surface area contributed by atoms with Gasteiger partial charge in [-0.2, -0.15) is 4.98 Å². The minimum atomic E-state index is -0.634. The quantitative estimate of drug-likeness (QED) is 0.575. The molecule has 0 aliphatic carbocycles. The maximum absolute atomic E-state index is 13.1. The lowest BCUT2D eigenvalue weighted by Gasteiger charge is -2.31. The molecular weight excluding hydrogens is 424 g/mol. The summed E-state index contributed by atoms with van der Waals surface area (Å²) in [5.41, 5.74) is 13.0. The number of nitrogens with two attached hydrogens (primary N) is 2. The zero-order valence-corrected chi connectivity index (χ0v) is 19.2. The standard InChI is InChI=1S/C22H32N8O3/c1-14(2)30-13-16(10-18(21(30)32)28-6-8-33-9-7-28)26-20-17(19(24)31)11-25-22(27-20)29-5-3-4-15(23)12-29/h10-11,13-15H,3-9,12,23H2,1-2H3,(H2,24,31)(H,25,26,27)/t15-/m0/s1. The van der Waals surface area contributed by atoms with Gasteiger partial charge in [0.1, 0.15) is 17.1 Å². The van der Waals surface area contributed by atoms with Gasteiger partial charge in [-0.25, -0.2) is 4.98 Å². The van der Waals surface area contributed by atoms with E-state index in [9.17, 15) is 9.59 Å². The van der Waals surface area contributed by atoms with Gasteiger partial charge in [-0.1, -0.05) is 0 Å². The largest absolute Gasteiger partial charge is 0.378 e. The van der Waals surface area contributed by atoms with Crippen LogP contribution in [0.5, 0.6) is 0 Å². The summed E-state index contributed by atoms with van der Waals surface area (Å²) in [5.74, 6) is 0.154. The van der Waals surface area contributed by atoms with Crippen LogP contribution >= 0.6 is 0 Å². The number of hydrogen-bond donors (Lipinski definition) is 3. The van der Waals surface area contributed by atoms with E-state index < -0.39 is 5.91 Å². The predicted molar refractivity (Wildman–Crippen MR) is 127 cm³/mol. The van der Waals surface area contributed by atoms with Crippen LogP contribution < -0.4 is 32.1 Å². The predicted octanol–water partition coefficient (Wildman–Crippen LogP) is 0.826. The number of carbonyl (C=O) groups is 1. The van der Waals surface area contributed by atoms with Gasteiger partial charge in [-0.05, 0) is 32.8 Å². The molecule has 0 unspecified atom stereocenters. The third kappa shape index (κ3) is 5.09. The molecule has 0 aromatic carbocycles. The first-order chi connectivity index (χ1) is 15.8. The Morgan fingerprint density at radius 3 is 2.67 bits per heavy atom. The Hall–Kier alpha value is -3.18. The minimum Gasteiger partial charge on any atom is -0.378 e. The molecule has 4 rings (SSSR count). The minimum absolute atomic E-state index is 0.0505. The molecule has 1 amide bonds. The van der Waals surface area contributed by atoms with Crippen molar-refractivity contribution in [3.05, 3.63) is 34.4 Å². The maximum atomic E-state index is 13.1. The number of morpholine rings is 1. The molecule has 11 nitrogen and oxygen atoms in total. The molecule has 2 aromatic heterocycles. The van der Waals surface area contributed by atoms with Crippen molar-refractivity contribution in [2.24, 2.45) is 11.5 Å². The fourth-order valence-corrected chi connectivity index (χ4v) is 4.20. The number of carbonyl (C=O) groups excluding carboxylic acids is 1. The molecule has 4 heterocycles. The number of pyridine rings is 1. The highest BCUT2D eigenvalue weighted by Gasteiger charge is 2.22. The molecule has 0 saturated carbocycles. The van der Waals surface area contributed by atoms with Crippen LogP contribution in [0.2, 0.25) is 0 Å². The molecule has 33 heavy (non-hydrogen) atoms. The normalized spacial score (nSPS) is 19.1. The van der Waals surface area contributed by atoms with E-state index in [1.807, 2.05) is 23.6 Å². The Kier molecular flexibility index (Phi) is 6.80. The zero-order valence-electron chi connectivity index (χ0n) is 19.2. The van der Waals surface area contributed by atoms with Crippen molar-refractivity contribution in [1.82, 2.24) is 14.5 Å². The highest BCUT2D eigenvalue weighted by molar-refractivity contribution is 5.98. The number of amides is 1. The summed E-state index contributed by atoms with van der Waals surface area (Å²) in [6, 6.07) is 1.79. The fourth-order valence-electron chi connectivity index (χ4n) is 4.20. The average Bonchev–Trinajstić information content (AvgIpc) is 2.80. The van der Waals surface area contributed by atoms with Gasteiger partial charge in [0.25, 0.3) is 11.5 Å². The molecule has 1 atom stereocenters. The third-order valence-electron chi connectivity index (χ3n) is 5.98. The molecule has 5 N–H and O–H groups in total. The van der Waals surface area contributed by atoms with Crippen LogP contribution in [0.25, 0.3) is 0 Å². The van der Waals surface area contributed by atoms with Crippen LogP contribution in [0.3, 0.4) is 0 Å². The van der Waals surface area contributed by atoms with E-state index >= 15 is 0 Å². The molecular formula is C22H32N8O3. The molecule has 2 aliphatic rings. The summed E-state index contributed by atoms with van der Waals surface area (Å²) in [6.07, 6.45) is 5.09. The SMILES string of the molecule is CC(C)n1cc(Nc2nc(N3CCC[C@H](N)C3)ncc2C(N)=O)cc(N2CCOCC2)c1=O. The van der Waals surface area contributed by atoms with Crippen molar-refractivity contribution in [3.63, 3.8) is 0 Å². The number of primary amides is 1. The van der Waals surface area contributed by atoms with Gasteiger partial charge in [0.15, 0.2) is 0 Å². The Morgan fingerprint density at radius 2 is 2.00 bits per heavy atom. The number of piperidine rings is 1. The van der Waals surface area contributed by atoms with Crippen LogP contribution in [0.4, 0.5) is 23.1 Å². The number of nitrogens with zero attached hydrogens (tertiary/aromatic N) is 5. The average molecular weight is 457 g/mol. The van der Waals surface area contributed by atoms with Crippen molar-refractivity contribution in [1.29, 1.82) is 0 Å². The summed E-state index contributed by atoms with van der Waals surface area (Å²) in [6.45, 7) is 7.75. The smallest absolute Gasteiger partial charge is 0.274 e. The summed E-state index contributed by atoms with van der Waals surface area (Å²) < 4.78 is 7.11. The second-order valence-corrected chi connectivity index (χ2v) is 8.79. The van der Waals surface area contributed by atoms with E-state index in [-0.39, 0.29) is 23.2 Å². The lowest BCUT2D eigenvalue weighted by molar-refractivity contribution is 0.100. The monoisotopic (exact) mass is 456 g/mol. The number of hydrogen-bond acceptors (Lipinski definition) is 9. The molecule has 2 fully saturated rings. The van der Waals surface area contributed by atoms with Gasteiger partial charge < -0.3 is 35.9 Å². The van der Waals surface area contributed by atoms with Gasteiger partial charge in [0, 0.05) is 50.7 Å². The summed E-state index contributed by atoms with van der Waals surface area (Å²) >= 11 is 0. The van der Waals surface area contributed by atoms with Crippen LogP contribution in [-0.2, 0) is 4.74 Å². The molecule has 0 spiro atoms. The zero-order chi connectivity index (χ0) is 23.5. The lowest BCUT2D eigenvalue weighted by atomic mass is 10.1. The van der Waals surface area contributed by atoms with E-state index in [1.54, 1.807) is 16.8 Å². The highest BCUT2D eigenvalue weighted by atomic mass is 16.5. The Labute approximate surface area is 192 Å². The number of ether oxygens (including phenoxy) is 1. The number of nitrogens with one attached hydrogen (secondary N) is 1. The Bertz CT molecular complexity index is 1060. The first-order valence-electron chi connectivity index (χ1n) is 11.4. The number of rotatable bonds is 6. The van der Waals surface area contributed by atoms with Gasteiger partial charge in [0.05, 0.1) is 18.9 Å². The second kappa shape index (κ2) is 9.75. The van der Waals surface area contributed by atoms with Gasteiger partial charge in [0.2, 0.25) is 5.95 Å². The molecule has 2 aromatic rings. The maximum Gasteiger partial charge on any atom is 0.274 e. The Balaban J connectivity index is 1.72.